The lowest BCUT2D eigenvalue weighted by molar-refractivity contribution is 0.724. The SMILES string of the molecule is Cc1nccc(Cn2c(CCCl)nc3cccnc32)n1. The first-order chi connectivity index (χ1) is 9.78. The van der Waals surface area contributed by atoms with E-state index in [4.69, 9.17) is 11.6 Å². The summed E-state index contributed by atoms with van der Waals surface area (Å²) in [5.74, 6) is 2.23. The van der Waals surface area contributed by atoms with Crippen molar-refractivity contribution >= 4 is 22.8 Å². The minimum atomic E-state index is 0.534. The molecule has 0 spiro atoms. The molecule has 3 heterocycles. The Hall–Kier alpha value is -2.01. The minimum Gasteiger partial charge on any atom is -0.307 e. The largest absolute Gasteiger partial charge is 0.307 e. The molecule has 0 N–H and O–H groups in total. The molecule has 0 aliphatic rings. The molecule has 0 saturated heterocycles. The molecule has 5 nitrogen and oxygen atoms in total. The van der Waals surface area contributed by atoms with Gasteiger partial charge in [-0.3, -0.25) is 0 Å². The maximum absolute atomic E-state index is 5.86. The zero-order valence-electron chi connectivity index (χ0n) is 11.1. The van der Waals surface area contributed by atoms with Gasteiger partial charge in [0.1, 0.15) is 17.2 Å². The summed E-state index contributed by atoms with van der Waals surface area (Å²) in [6.07, 6.45) is 4.25. The number of pyridine rings is 1. The van der Waals surface area contributed by atoms with E-state index in [2.05, 4.69) is 24.5 Å². The fraction of sp³-hybridized carbons (Fsp3) is 0.286. The summed E-state index contributed by atoms with van der Waals surface area (Å²) in [6.45, 7) is 2.51. The monoisotopic (exact) mass is 287 g/mol. The molecule has 6 heteroatoms. The van der Waals surface area contributed by atoms with Gasteiger partial charge in [0, 0.05) is 24.7 Å². The molecule has 0 bridgehead atoms. The molecular weight excluding hydrogens is 274 g/mol. The third-order valence-corrected chi connectivity index (χ3v) is 3.24. The zero-order valence-corrected chi connectivity index (χ0v) is 11.9. The second-order valence-electron chi connectivity index (χ2n) is 4.49. The summed E-state index contributed by atoms with van der Waals surface area (Å²) in [5.41, 5.74) is 2.69. The third kappa shape index (κ3) is 2.49. The molecule has 0 aliphatic carbocycles. The molecule has 0 atom stereocenters. The van der Waals surface area contributed by atoms with Crippen molar-refractivity contribution in [3.63, 3.8) is 0 Å². The maximum Gasteiger partial charge on any atom is 0.160 e. The number of aromatic nitrogens is 5. The van der Waals surface area contributed by atoms with Gasteiger partial charge in [-0.25, -0.2) is 19.9 Å². The summed E-state index contributed by atoms with van der Waals surface area (Å²) in [7, 11) is 0. The van der Waals surface area contributed by atoms with Crippen LogP contribution in [0.4, 0.5) is 0 Å². The van der Waals surface area contributed by atoms with Crippen LogP contribution in [0.15, 0.2) is 30.6 Å². The second kappa shape index (κ2) is 5.54. The summed E-state index contributed by atoms with van der Waals surface area (Å²) in [4.78, 5) is 17.6. The first-order valence-electron chi connectivity index (χ1n) is 6.42. The van der Waals surface area contributed by atoms with Crippen molar-refractivity contribution in [2.75, 3.05) is 5.88 Å². The highest BCUT2D eigenvalue weighted by molar-refractivity contribution is 6.17. The number of imidazole rings is 1. The van der Waals surface area contributed by atoms with Crippen LogP contribution in [-0.2, 0) is 13.0 Å². The van der Waals surface area contributed by atoms with E-state index in [1.54, 1.807) is 12.4 Å². The summed E-state index contributed by atoms with van der Waals surface area (Å²) in [5, 5.41) is 0. The molecule has 3 aromatic heterocycles. The highest BCUT2D eigenvalue weighted by Crippen LogP contribution is 2.16. The minimum absolute atomic E-state index is 0.534. The van der Waals surface area contributed by atoms with Crippen LogP contribution in [-0.4, -0.2) is 30.4 Å². The van der Waals surface area contributed by atoms with Crippen LogP contribution in [0, 0.1) is 6.92 Å². The van der Waals surface area contributed by atoms with Crippen molar-refractivity contribution < 1.29 is 0 Å². The predicted octanol–water partition coefficient (Wildman–Crippen LogP) is 2.36. The highest BCUT2D eigenvalue weighted by Gasteiger charge is 2.12. The Morgan fingerprint density at radius 1 is 1.15 bits per heavy atom. The van der Waals surface area contributed by atoms with E-state index < -0.39 is 0 Å². The molecule has 3 rings (SSSR count). The molecule has 0 radical (unpaired) electrons. The van der Waals surface area contributed by atoms with Gasteiger partial charge in [-0.2, -0.15) is 0 Å². The third-order valence-electron chi connectivity index (χ3n) is 3.05. The summed E-state index contributed by atoms with van der Waals surface area (Å²) < 4.78 is 2.07. The van der Waals surface area contributed by atoms with Gasteiger partial charge in [-0.1, -0.05) is 0 Å². The van der Waals surface area contributed by atoms with Crippen LogP contribution in [0.1, 0.15) is 17.3 Å². The van der Waals surface area contributed by atoms with E-state index >= 15 is 0 Å². The molecule has 20 heavy (non-hydrogen) atoms. The lowest BCUT2D eigenvalue weighted by Crippen LogP contribution is -2.08. The first kappa shape index (κ1) is 13.0. The molecular formula is C14H14ClN5. The van der Waals surface area contributed by atoms with Gasteiger partial charge in [0.15, 0.2) is 5.65 Å². The molecule has 102 valence electrons. The fourth-order valence-corrected chi connectivity index (χ4v) is 2.37. The van der Waals surface area contributed by atoms with Gasteiger partial charge in [0.05, 0.1) is 12.2 Å². The number of hydrogen-bond acceptors (Lipinski definition) is 4. The summed E-state index contributed by atoms with van der Waals surface area (Å²) >= 11 is 5.86. The molecule has 0 fully saturated rings. The average Bonchev–Trinajstić information content (AvgIpc) is 2.78. The Bertz CT molecular complexity index is 737. The van der Waals surface area contributed by atoms with E-state index in [0.29, 0.717) is 18.8 Å². The van der Waals surface area contributed by atoms with Crippen molar-refractivity contribution in [1.82, 2.24) is 24.5 Å². The molecule has 0 aliphatic heterocycles. The highest BCUT2D eigenvalue weighted by atomic mass is 35.5. The van der Waals surface area contributed by atoms with Gasteiger partial charge in [-0.05, 0) is 25.1 Å². The number of hydrogen-bond donors (Lipinski definition) is 0. The van der Waals surface area contributed by atoms with Crippen LogP contribution in [0.2, 0.25) is 0 Å². The van der Waals surface area contributed by atoms with Crippen LogP contribution >= 0.6 is 11.6 Å². The van der Waals surface area contributed by atoms with Gasteiger partial charge >= 0.3 is 0 Å². The van der Waals surface area contributed by atoms with Gasteiger partial charge in [-0.15, -0.1) is 11.6 Å². The number of aryl methyl sites for hydroxylation is 2. The first-order valence-corrected chi connectivity index (χ1v) is 6.96. The molecule has 0 amide bonds. The normalized spacial score (nSPS) is 11.1. The van der Waals surface area contributed by atoms with Crippen LogP contribution in [0.3, 0.4) is 0 Å². The number of nitrogens with zero attached hydrogens (tertiary/aromatic N) is 5. The Labute approximate surface area is 121 Å². The van der Waals surface area contributed by atoms with Crippen LogP contribution in [0.25, 0.3) is 11.2 Å². The Morgan fingerprint density at radius 2 is 2.05 bits per heavy atom. The Kier molecular flexibility index (Phi) is 3.60. The standard InChI is InChI=1S/C14H14ClN5/c1-10-16-8-5-11(18-10)9-20-13(4-6-15)19-12-3-2-7-17-14(12)20/h2-3,5,7-8H,4,6,9H2,1H3. The molecule has 0 saturated carbocycles. The van der Waals surface area contributed by atoms with Gasteiger partial charge in [0.25, 0.3) is 0 Å². The van der Waals surface area contributed by atoms with Gasteiger partial charge < -0.3 is 4.57 Å². The molecule has 0 unspecified atom stereocenters. The van der Waals surface area contributed by atoms with Crippen molar-refractivity contribution in [2.45, 2.75) is 19.9 Å². The predicted molar refractivity (Wildman–Crippen MR) is 77.8 cm³/mol. The Morgan fingerprint density at radius 3 is 2.85 bits per heavy atom. The quantitative estimate of drug-likeness (QED) is 0.691. The average molecular weight is 288 g/mol. The van der Waals surface area contributed by atoms with Crippen molar-refractivity contribution in [3.8, 4) is 0 Å². The molecule has 3 aromatic rings. The second-order valence-corrected chi connectivity index (χ2v) is 4.87. The maximum atomic E-state index is 5.86. The van der Waals surface area contributed by atoms with E-state index in [1.807, 2.05) is 25.1 Å². The van der Waals surface area contributed by atoms with Crippen LogP contribution < -0.4 is 0 Å². The van der Waals surface area contributed by atoms with E-state index in [0.717, 1.165) is 28.5 Å². The summed E-state index contributed by atoms with van der Waals surface area (Å²) in [6, 6.07) is 5.76. The smallest absolute Gasteiger partial charge is 0.160 e. The topological polar surface area (TPSA) is 56.5 Å². The van der Waals surface area contributed by atoms with Crippen molar-refractivity contribution in [3.05, 3.63) is 47.9 Å². The number of alkyl halides is 1. The molecule has 0 aromatic carbocycles. The lowest BCUT2D eigenvalue weighted by atomic mass is 10.3. The zero-order chi connectivity index (χ0) is 13.9. The van der Waals surface area contributed by atoms with Gasteiger partial charge in [0.2, 0.25) is 0 Å². The van der Waals surface area contributed by atoms with E-state index in [1.165, 1.54) is 0 Å². The van der Waals surface area contributed by atoms with Crippen molar-refractivity contribution in [1.29, 1.82) is 0 Å². The van der Waals surface area contributed by atoms with Crippen molar-refractivity contribution in [2.24, 2.45) is 0 Å². The fourth-order valence-electron chi connectivity index (χ4n) is 2.20. The van der Waals surface area contributed by atoms with Crippen LogP contribution in [0.5, 0.6) is 0 Å². The Balaban J connectivity index is 2.06. The lowest BCUT2D eigenvalue weighted by Gasteiger charge is -2.07. The van der Waals surface area contributed by atoms with E-state index in [9.17, 15) is 0 Å². The van der Waals surface area contributed by atoms with E-state index in [-0.39, 0.29) is 0 Å². The number of halogens is 1. The number of fused-ring (bicyclic) bond motifs is 1. The number of rotatable bonds is 4.